The molecule has 3 N–H and O–H groups in total. The molecule has 2 aromatic carbocycles. The normalized spacial score (nSPS) is 21.9. The lowest BCUT2D eigenvalue weighted by Crippen LogP contribution is -2.44. The van der Waals surface area contributed by atoms with Gasteiger partial charge in [0.15, 0.2) is 0 Å². The second-order valence-electron chi connectivity index (χ2n) is 7.70. The van der Waals surface area contributed by atoms with E-state index >= 15 is 0 Å². The maximum atomic E-state index is 5.02. The molecule has 2 atom stereocenters. The highest BCUT2D eigenvalue weighted by atomic mass is 15.2. The third-order valence-electron chi connectivity index (χ3n) is 5.36. The van der Waals surface area contributed by atoms with Crippen molar-refractivity contribution in [2.24, 2.45) is 10.9 Å². The van der Waals surface area contributed by atoms with Gasteiger partial charge in [-0.25, -0.2) is 4.99 Å². The first kappa shape index (κ1) is 18.6. The minimum atomic E-state index is 0.0764. The van der Waals surface area contributed by atoms with Crippen LogP contribution in [0.25, 0.3) is 5.70 Å². The Labute approximate surface area is 167 Å². The molecule has 2 unspecified atom stereocenters. The predicted octanol–water partition coefficient (Wildman–Crippen LogP) is 3.53. The maximum absolute atomic E-state index is 5.02. The van der Waals surface area contributed by atoms with E-state index < -0.39 is 0 Å². The molecule has 2 aliphatic rings. The lowest BCUT2D eigenvalue weighted by molar-refractivity contribution is 0.308. The molecule has 5 heteroatoms. The Morgan fingerprint density at radius 3 is 2.68 bits per heavy atom. The van der Waals surface area contributed by atoms with Crippen LogP contribution in [0.5, 0.6) is 0 Å². The third kappa shape index (κ3) is 4.37. The number of rotatable bonds is 4. The van der Waals surface area contributed by atoms with Crippen LogP contribution in [-0.4, -0.2) is 39.2 Å². The van der Waals surface area contributed by atoms with E-state index in [1.54, 1.807) is 0 Å². The van der Waals surface area contributed by atoms with Crippen molar-refractivity contribution in [3.05, 3.63) is 66.2 Å². The molecule has 2 heterocycles. The van der Waals surface area contributed by atoms with E-state index in [1.165, 1.54) is 24.1 Å². The van der Waals surface area contributed by atoms with Gasteiger partial charge in [-0.15, -0.1) is 0 Å². The zero-order valence-electron chi connectivity index (χ0n) is 16.7. The van der Waals surface area contributed by atoms with Gasteiger partial charge in [0.1, 0.15) is 12.0 Å². The van der Waals surface area contributed by atoms with Crippen molar-refractivity contribution in [2.75, 3.05) is 37.4 Å². The molecule has 1 fully saturated rings. The highest BCUT2D eigenvalue weighted by Crippen LogP contribution is 2.24. The highest BCUT2D eigenvalue weighted by molar-refractivity contribution is 6.08. The fourth-order valence-corrected chi connectivity index (χ4v) is 3.79. The number of piperidine rings is 1. The molecule has 146 valence electrons. The summed E-state index contributed by atoms with van der Waals surface area (Å²) in [5.74, 6) is 1.40. The van der Waals surface area contributed by atoms with Gasteiger partial charge in [-0.05, 0) is 43.1 Å². The molecule has 28 heavy (non-hydrogen) atoms. The average Bonchev–Trinajstić information content (AvgIpc) is 2.75. The molecule has 0 aromatic heterocycles. The molecule has 0 aliphatic carbocycles. The first-order chi connectivity index (χ1) is 13.7. The second kappa shape index (κ2) is 8.48. The first-order valence-electron chi connectivity index (χ1n) is 10.1. The Morgan fingerprint density at radius 1 is 1.07 bits per heavy atom. The van der Waals surface area contributed by atoms with Gasteiger partial charge < -0.3 is 20.9 Å². The largest absolute Gasteiger partial charge is 0.378 e. The van der Waals surface area contributed by atoms with Gasteiger partial charge in [-0.1, -0.05) is 36.4 Å². The molecule has 1 saturated heterocycles. The summed E-state index contributed by atoms with van der Waals surface area (Å²) in [7, 11) is 4.11. The third-order valence-corrected chi connectivity index (χ3v) is 5.36. The van der Waals surface area contributed by atoms with E-state index in [0.29, 0.717) is 5.92 Å². The zero-order valence-corrected chi connectivity index (χ0v) is 16.7. The Balaban J connectivity index is 1.62. The summed E-state index contributed by atoms with van der Waals surface area (Å²) in [6.45, 7) is 2.11. The fraction of sp³-hybridized carbons (Fsp3) is 0.348. The molecule has 0 spiro atoms. The van der Waals surface area contributed by atoms with Gasteiger partial charge in [0, 0.05) is 49.7 Å². The molecular weight excluding hydrogens is 346 g/mol. The number of amidine groups is 1. The van der Waals surface area contributed by atoms with E-state index in [4.69, 9.17) is 4.99 Å². The predicted molar refractivity (Wildman–Crippen MR) is 119 cm³/mol. The van der Waals surface area contributed by atoms with Gasteiger partial charge in [-0.3, -0.25) is 0 Å². The van der Waals surface area contributed by atoms with Gasteiger partial charge in [0.2, 0.25) is 0 Å². The minimum absolute atomic E-state index is 0.0764. The van der Waals surface area contributed by atoms with E-state index in [-0.39, 0.29) is 6.17 Å². The lowest BCUT2D eigenvalue weighted by Gasteiger charge is -2.33. The van der Waals surface area contributed by atoms with Crippen LogP contribution in [0.3, 0.4) is 0 Å². The van der Waals surface area contributed by atoms with E-state index in [9.17, 15) is 0 Å². The number of hydrogen-bond donors (Lipinski definition) is 3. The number of hydrogen-bond acceptors (Lipinski definition) is 5. The van der Waals surface area contributed by atoms with Crippen LogP contribution >= 0.6 is 0 Å². The Bertz CT molecular complexity index is 850. The van der Waals surface area contributed by atoms with Crippen LogP contribution in [0, 0.1) is 5.92 Å². The van der Waals surface area contributed by atoms with Gasteiger partial charge in [0.25, 0.3) is 0 Å². The summed E-state index contributed by atoms with van der Waals surface area (Å²) in [5, 5.41) is 10.7. The van der Waals surface area contributed by atoms with Gasteiger partial charge in [-0.2, -0.15) is 0 Å². The SMILES string of the molecule is CN(C)c1cccc(NC2=NC(C3CCCNC3)NC(c3ccccc3)=C2)c1. The summed E-state index contributed by atoms with van der Waals surface area (Å²) in [6.07, 6.45) is 4.59. The van der Waals surface area contributed by atoms with Crippen molar-refractivity contribution in [3.63, 3.8) is 0 Å². The summed E-state index contributed by atoms with van der Waals surface area (Å²) < 4.78 is 0. The smallest absolute Gasteiger partial charge is 0.129 e. The van der Waals surface area contributed by atoms with Gasteiger partial charge >= 0.3 is 0 Å². The molecule has 0 radical (unpaired) electrons. The summed E-state index contributed by atoms with van der Waals surface area (Å²) in [5.41, 5.74) is 4.53. The van der Waals surface area contributed by atoms with Crippen molar-refractivity contribution in [1.29, 1.82) is 0 Å². The quantitative estimate of drug-likeness (QED) is 0.765. The summed E-state index contributed by atoms with van der Waals surface area (Å²) in [4.78, 5) is 7.12. The molecule has 0 saturated carbocycles. The second-order valence-corrected chi connectivity index (χ2v) is 7.70. The van der Waals surface area contributed by atoms with Crippen LogP contribution in [0.1, 0.15) is 18.4 Å². The minimum Gasteiger partial charge on any atom is -0.378 e. The number of benzene rings is 2. The molecule has 4 rings (SSSR count). The molecule has 0 amide bonds. The standard InChI is InChI=1S/C23H29N5/c1-28(2)20-12-6-11-19(14-20)25-22-15-21(17-8-4-3-5-9-17)26-23(27-22)18-10-7-13-24-16-18/h3-6,8-9,11-12,14-15,18,23-24,26H,7,10,13,16H2,1-2H3,(H,25,27). The molecule has 0 bridgehead atoms. The van der Waals surface area contributed by atoms with Crippen LogP contribution < -0.4 is 20.9 Å². The van der Waals surface area contributed by atoms with E-state index in [1.807, 2.05) is 0 Å². The molecule has 5 nitrogen and oxygen atoms in total. The first-order valence-corrected chi connectivity index (χ1v) is 10.1. The van der Waals surface area contributed by atoms with Crippen LogP contribution in [0.2, 0.25) is 0 Å². The Kier molecular flexibility index (Phi) is 5.63. The number of aliphatic imine (C=N–C) groups is 1. The lowest BCUT2D eigenvalue weighted by atomic mass is 9.95. The van der Waals surface area contributed by atoms with E-state index in [0.717, 1.165) is 30.3 Å². The zero-order chi connectivity index (χ0) is 19.3. The van der Waals surface area contributed by atoms with E-state index in [2.05, 4.69) is 95.6 Å². The topological polar surface area (TPSA) is 51.7 Å². The van der Waals surface area contributed by atoms with Crippen molar-refractivity contribution >= 4 is 22.9 Å². The fourth-order valence-electron chi connectivity index (χ4n) is 3.79. The molecular formula is C23H29N5. The summed E-state index contributed by atoms with van der Waals surface area (Å²) in [6, 6.07) is 18.9. The Hall–Kier alpha value is -2.79. The maximum Gasteiger partial charge on any atom is 0.129 e. The van der Waals surface area contributed by atoms with Crippen LogP contribution in [0.15, 0.2) is 65.7 Å². The average molecular weight is 376 g/mol. The van der Waals surface area contributed by atoms with Crippen LogP contribution in [-0.2, 0) is 0 Å². The van der Waals surface area contributed by atoms with Gasteiger partial charge in [0.05, 0.1) is 0 Å². The van der Waals surface area contributed by atoms with Crippen LogP contribution in [0.4, 0.5) is 11.4 Å². The van der Waals surface area contributed by atoms with Crippen molar-refractivity contribution in [2.45, 2.75) is 19.0 Å². The number of nitrogens with one attached hydrogen (secondary N) is 3. The van der Waals surface area contributed by atoms with Crippen molar-refractivity contribution in [1.82, 2.24) is 10.6 Å². The molecule has 2 aliphatic heterocycles. The number of nitrogens with zero attached hydrogens (tertiary/aromatic N) is 2. The molecule has 2 aromatic rings. The monoisotopic (exact) mass is 375 g/mol. The Morgan fingerprint density at radius 2 is 1.93 bits per heavy atom. The van der Waals surface area contributed by atoms with Crippen molar-refractivity contribution < 1.29 is 0 Å². The summed E-state index contributed by atoms with van der Waals surface area (Å²) >= 11 is 0. The number of anilines is 2. The van der Waals surface area contributed by atoms with Crippen molar-refractivity contribution in [3.8, 4) is 0 Å². The highest BCUT2D eigenvalue weighted by Gasteiger charge is 2.26.